The van der Waals surface area contributed by atoms with Crippen LogP contribution in [0.25, 0.3) is 0 Å². The van der Waals surface area contributed by atoms with Crippen LogP contribution < -0.4 is 19.5 Å². The van der Waals surface area contributed by atoms with E-state index < -0.39 is 0 Å². The van der Waals surface area contributed by atoms with Gasteiger partial charge in [-0.25, -0.2) is 0 Å². The third-order valence-corrected chi connectivity index (χ3v) is 3.51. The fraction of sp³-hybridized carbons (Fsp3) is 0.333. The number of anilines is 1. The zero-order chi connectivity index (χ0) is 16.7. The van der Waals surface area contributed by atoms with E-state index in [0.29, 0.717) is 24.7 Å². The summed E-state index contributed by atoms with van der Waals surface area (Å²) in [6.45, 7) is 1.20. The maximum absolute atomic E-state index is 5.44. The first kappa shape index (κ1) is 17.0. The lowest BCUT2D eigenvalue weighted by atomic mass is 10.1. The molecule has 5 heteroatoms. The third-order valence-electron chi connectivity index (χ3n) is 3.51. The molecule has 0 fully saturated rings. The smallest absolute Gasteiger partial charge is 0.164 e. The maximum atomic E-state index is 5.44. The summed E-state index contributed by atoms with van der Waals surface area (Å²) in [6.07, 6.45) is 0. The number of hydrogen-bond donors (Lipinski definition) is 1. The van der Waals surface area contributed by atoms with E-state index in [1.807, 2.05) is 30.3 Å². The molecule has 0 bridgehead atoms. The van der Waals surface area contributed by atoms with Gasteiger partial charge < -0.3 is 24.3 Å². The molecule has 0 saturated carbocycles. The van der Waals surface area contributed by atoms with Crippen LogP contribution in [0.15, 0.2) is 36.4 Å². The number of nitrogens with one attached hydrogen (secondary N) is 1. The van der Waals surface area contributed by atoms with E-state index >= 15 is 0 Å². The summed E-state index contributed by atoms with van der Waals surface area (Å²) in [5, 5.41) is 3.39. The summed E-state index contributed by atoms with van der Waals surface area (Å²) in [5.41, 5.74) is 3.13. The fourth-order valence-corrected chi connectivity index (χ4v) is 2.37. The van der Waals surface area contributed by atoms with E-state index in [2.05, 4.69) is 11.4 Å². The van der Waals surface area contributed by atoms with Gasteiger partial charge in [0, 0.05) is 31.0 Å². The van der Waals surface area contributed by atoms with Crippen LogP contribution >= 0.6 is 0 Å². The highest BCUT2D eigenvalue weighted by molar-refractivity contribution is 5.53. The SMILES string of the molecule is COCc1cccc(NCc2cc(OC)c(OC)cc2OC)c1. The Bertz CT molecular complexity index is 643. The van der Waals surface area contributed by atoms with Gasteiger partial charge in [-0.05, 0) is 23.8 Å². The standard InChI is InChI=1S/C18H23NO4/c1-20-12-13-6-5-7-15(8-13)19-11-14-9-17(22-3)18(23-4)10-16(14)21-2/h5-10,19H,11-12H2,1-4H3. The van der Waals surface area contributed by atoms with Crippen LogP contribution in [-0.4, -0.2) is 28.4 Å². The van der Waals surface area contributed by atoms with Gasteiger partial charge >= 0.3 is 0 Å². The molecule has 2 rings (SSSR count). The number of benzene rings is 2. The highest BCUT2D eigenvalue weighted by atomic mass is 16.5. The summed E-state index contributed by atoms with van der Waals surface area (Å²) in [7, 11) is 6.56. The van der Waals surface area contributed by atoms with E-state index in [1.165, 1.54) is 0 Å². The predicted octanol–water partition coefficient (Wildman–Crippen LogP) is 3.47. The van der Waals surface area contributed by atoms with Crippen molar-refractivity contribution in [2.45, 2.75) is 13.2 Å². The molecule has 1 N–H and O–H groups in total. The Morgan fingerprint density at radius 3 is 2.17 bits per heavy atom. The molecule has 124 valence electrons. The van der Waals surface area contributed by atoms with Gasteiger partial charge in [-0.1, -0.05) is 12.1 Å². The lowest BCUT2D eigenvalue weighted by molar-refractivity contribution is 0.185. The zero-order valence-corrected chi connectivity index (χ0v) is 14.0. The summed E-state index contributed by atoms with van der Waals surface area (Å²) >= 11 is 0. The van der Waals surface area contributed by atoms with Crippen molar-refractivity contribution in [3.63, 3.8) is 0 Å². The van der Waals surface area contributed by atoms with Crippen LogP contribution in [0.2, 0.25) is 0 Å². The molecule has 0 spiro atoms. The quantitative estimate of drug-likeness (QED) is 0.808. The van der Waals surface area contributed by atoms with Gasteiger partial charge in [0.25, 0.3) is 0 Å². The number of hydrogen-bond acceptors (Lipinski definition) is 5. The summed E-state index contributed by atoms with van der Waals surface area (Å²) in [5.74, 6) is 2.08. The second-order valence-corrected chi connectivity index (χ2v) is 5.01. The zero-order valence-electron chi connectivity index (χ0n) is 14.0. The molecule has 0 aromatic heterocycles. The number of ether oxygens (including phenoxy) is 4. The van der Waals surface area contributed by atoms with Gasteiger partial charge in [0.2, 0.25) is 0 Å². The van der Waals surface area contributed by atoms with E-state index in [1.54, 1.807) is 28.4 Å². The Kier molecular flexibility index (Phi) is 6.11. The third kappa shape index (κ3) is 4.29. The average molecular weight is 317 g/mol. The molecule has 2 aromatic rings. The maximum Gasteiger partial charge on any atom is 0.164 e. The molecule has 0 aliphatic carbocycles. The predicted molar refractivity (Wildman–Crippen MR) is 90.6 cm³/mol. The van der Waals surface area contributed by atoms with Crippen molar-refractivity contribution < 1.29 is 18.9 Å². The van der Waals surface area contributed by atoms with E-state index in [-0.39, 0.29) is 0 Å². The minimum atomic E-state index is 0.592. The second kappa shape index (κ2) is 8.29. The molecule has 0 saturated heterocycles. The Hall–Kier alpha value is -2.40. The number of methoxy groups -OCH3 is 4. The van der Waals surface area contributed by atoms with Crippen molar-refractivity contribution in [2.75, 3.05) is 33.8 Å². The average Bonchev–Trinajstić information content (AvgIpc) is 2.59. The number of rotatable bonds is 8. The van der Waals surface area contributed by atoms with Gasteiger partial charge in [0.15, 0.2) is 11.5 Å². The van der Waals surface area contributed by atoms with Crippen LogP contribution in [0.4, 0.5) is 5.69 Å². The molecule has 0 heterocycles. The summed E-state index contributed by atoms with van der Waals surface area (Å²) in [6, 6.07) is 11.9. The molecular weight excluding hydrogens is 294 g/mol. The highest BCUT2D eigenvalue weighted by Crippen LogP contribution is 2.34. The fourth-order valence-electron chi connectivity index (χ4n) is 2.37. The van der Waals surface area contributed by atoms with E-state index in [4.69, 9.17) is 18.9 Å². The van der Waals surface area contributed by atoms with Gasteiger partial charge in [0.1, 0.15) is 5.75 Å². The first-order valence-corrected chi connectivity index (χ1v) is 7.32. The van der Waals surface area contributed by atoms with Crippen molar-refractivity contribution >= 4 is 5.69 Å². The topological polar surface area (TPSA) is 49.0 Å². The Morgan fingerprint density at radius 2 is 1.52 bits per heavy atom. The Labute approximate surface area is 137 Å². The second-order valence-electron chi connectivity index (χ2n) is 5.01. The minimum absolute atomic E-state index is 0.592. The first-order chi connectivity index (χ1) is 11.2. The molecule has 0 unspecified atom stereocenters. The lowest BCUT2D eigenvalue weighted by Gasteiger charge is -2.15. The molecule has 2 aromatic carbocycles. The monoisotopic (exact) mass is 317 g/mol. The van der Waals surface area contributed by atoms with Gasteiger partial charge in [-0.2, -0.15) is 0 Å². The van der Waals surface area contributed by atoms with Crippen LogP contribution in [0.3, 0.4) is 0 Å². The largest absolute Gasteiger partial charge is 0.496 e. The van der Waals surface area contributed by atoms with Crippen molar-refractivity contribution in [1.29, 1.82) is 0 Å². The van der Waals surface area contributed by atoms with Crippen molar-refractivity contribution in [3.8, 4) is 17.2 Å². The van der Waals surface area contributed by atoms with Crippen molar-refractivity contribution in [3.05, 3.63) is 47.5 Å². The molecule has 5 nitrogen and oxygen atoms in total. The van der Waals surface area contributed by atoms with Gasteiger partial charge in [-0.3, -0.25) is 0 Å². The van der Waals surface area contributed by atoms with Crippen molar-refractivity contribution in [2.24, 2.45) is 0 Å². The first-order valence-electron chi connectivity index (χ1n) is 7.32. The molecule has 0 amide bonds. The van der Waals surface area contributed by atoms with Crippen molar-refractivity contribution in [1.82, 2.24) is 0 Å². The molecule has 0 aliphatic rings. The van der Waals surface area contributed by atoms with Crippen LogP contribution in [0.5, 0.6) is 17.2 Å². The van der Waals surface area contributed by atoms with Crippen LogP contribution in [0.1, 0.15) is 11.1 Å². The molecule has 0 aliphatic heterocycles. The van der Waals surface area contributed by atoms with E-state index in [0.717, 1.165) is 22.6 Å². The van der Waals surface area contributed by atoms with Crippen LogP contribution in [0, 0.1) is 0 Å². The van der Waals surface area contributed by atoms with E-state index in [9.17, 15) is 0 Å². The molecule has 0 radical (unpaired) electrons. The minimum Gasteiger partial charge on any atom is -0.496 e. The lowest BCUT2D eigenvalue weighted by Crippen LogP contribution is -2.03. The summed E-state index contributed by atoms with van der Waals surface area (Å²) < 4.78 is 21.3. The summed E-state index contributed by atoms with van der Waals surface area (Å²) in [4.78, 5) is 0. The molecule has 0 atom stereocenters. The Morgan fingerprint density at radius 1 is 0.826 bits per heavy atom. The highest BCUT2D eigenvalue weighted by Gasteiger charge is 2.11. The molecule has 23 heavy (non-hydrogen) atoms. The van der Waals surface area contributed by atoms with Crippen LogP contribution in [-0.2, 0) is 17.9 Å². The Balaban J connectivity index is 2.17. The van der Waals surface area contributed by atoms with Gasteiger partial charge in [0.05, 0.1) is 27.9 Å². The molecular formula is C18H23NO4. The van der Waals surface area contributed by atoms with Gasteiger partial charge in [-0.15, -0.1) is 0 Å². The normalized spacial score (nSPS) is 10.3.